The summed E-state index contributed by atoms with van der Waals surface area (Å²) in [7, 11) is 0. The molecule has 82 valence electrons. The zero-order valence-corrected chi connectivity index (χ0v) is 9.03. The van der Waals surface area contributed by atoms with E-state index < -0.39 is 0 Å². The van der Waals surface area contributed by atoms with Crippen molar-refractivity contribution in [2.75, 3.05) is 12.3 Å². The number of pyridine rings is 1. The highest BCUT2D eigenvalue weighted by Gasteiger charge is 2.10. The average molecular weight is 215 g/mol. The van der Waals surface area contributed by atoms with Gasteiger partial charge in [0, 0.05) is 11.9 Å². The van der Waals surface area contributed by atoms with Crippen LogP contribution in [0, 0.1) is 0 Å². The molecule has 16 heavy (non-hydrogen) atoms. The third-order valence-electron chi connectivity index (χ3n) is 2.32. The Labute approximate surface area is 93.5 Å². The average Bonchev–Trinajstić information content (AvgIpc) is 2.28. The Bertz CT molecular complexity index is 537. The molecule has 1 aromatic carbocycles. The number of benzene rings is 1. The lowest BCUT2D eigenvalue weighted by atomic mass is 10.1. The van der Waals surface area contributed by atoms with E-state index in [2.05, 4.69) is 10.3 Å². The van der Waals surface area contributed by atoms with Crippen molar-refractivity contribution >= 4 is 22.6 Å². The molecule has 0 atom stereocenters. The van der Waals surface area contributed by atoms with Crippen LogP contribution in [0.5, 0.6) is 0 Å². The number of rotatable bonds is 2. The SMILES string of the molecule is CCNC(=O)c1cc(N)nc2ccccc12. The maximum absolute atomic E-state index is 11.8. The van der Waals surface area contributed by atoms with Crippen molar-refractivity contribution < 1.29 is 4.79 Å². The zero-order chi connectivity index (χ0) is 11.5. The summed E-state index contributed by atoms with van der Waals surface area (Å²) in [6.07, 6.45) is 0. The molecule has 0 bridgehead atoms. The predicted molar refractivity (Wildman–Crippen MR) is 64.2 cm³/mol. The highest BCUT2D eigenvalue weighted by molar-refractivity contribution is 6.06. The van der Waals surface area contributed by atoms with Gasteiger partial charge in [-0.25, -0.2) is 4.98 Å². The van der Waals surface area contributed by atoms with E-state index >= 15 is 0 Å². The largest absolute Gasteiger partial charge is 0.384 e. The van der Waals surface area contributed by atoms with E-state index in [1.807, 2.05) is 31.2 Å². The summed E-state index contributed by atoms with van der Waals surface area (Å²) in [5, 5.41) is 3.58. The van der Waals surface area contributed by atoms with Crippen LogP contribution in [-0.4, -0.2) is 17.4 Å². The van der Waals surface area contributed by atoms with Crippen LogP contribution in [0.1, 0.15) is 17.3 Å². The predicted octanol–water partition coefficient (Wildman–Crippen LogP) is 1.57. The molecule has 1 aromatic heterocycles. The van der Waals surface area contributed by atoms with Crippen molar-refractivity contribution in [1.82, 2.24) is 10.3 Å². The number of nitrogens with zero attached hydrogens (tertiary/aromatic N) is 1. The minimum Gasteiger partial charge on any atom is -0.384 e. The normalized spacial score (nSPS) is 10.3. The Morgan fingerprint density at radius 2 is 2.19 bits per heavy atom. The van der Waals surface area contributed by atoms with Gasteiger partial charge in [0.15, 0.2) is 0 Å². The number of nitrogens with two attached hydrogens (primary N) is 1. The number of carbonyl (C=O) groups excluding carboxylic acids is 1. The summed E-state index contributed by atoms with van der Waals surface area (Å²) in [6.45, 7) is 2.47. The molecule has 4 heteroatoms. The molecule has 0 aliphatic heterocycles. The van der Waals surface area contributed by atoms with Crippen molar-refractivity contribution in [3.8, 4) is 0 Å². The van der Waals surface area contributed by atoms with Gasteiger partial charge in [-0.15, -0.1) is 0 Å². The van der Waals surface area contributed by atoms with E-state index in [1.165, 1.54) is 0 Å². The van der Waals surface area contributed by atoms with Crippen LogP contribution in [0.15, 0.2) is 30.3 Å². The first-order valence-corrected chi connectivity index (χ1v) is 5.16. The van der Waals surface area contributed by atoms with Crippen molar-refractivity contribution in [1.29, 1.82) is 0 Å². The molecule has 4 nitrogen and oxygen atoms in total. The summed E-state index contributed by atoms with van der Waals surface area (Å²) in [4.78, 5) is 16.0. The van der Waals surface area contributed by atoms with Gasteiger partial charge in [-0.1, -0.05) is 18.2 Å². The molecule has 2 aromatic rings. The van der Waals surface area contributed by atoms with Crippen LogP contribution in [0.2, 0.25) is 0 Å². The fraction of sp³-hybridized carbons (Fsp3) is 0.167. The number of anilines is 1. The Morgan fingerprint density at radius 1 is 1.44 bits per heavy atom. The summed E-state index contributed by atoms with van der Waals surface area (Å²) >= 11 is 0. The molecule has 0 radical (unpaired) electrons. The highest BCUT2D eigenvalue weighted by Crippen LogP contribution is 2.19. The summed E-state index contributed by atoms with van der Waals surface area (Å²) in [5.41, 5.74) is 6.98. The van der Waals surface area contributed by atoms with E-state index in [4.69, 9.17) is 5.73 Å². The van der Waals surface area contributed by atoms with Crippen LogP contribution in [0.25, 0.3) is 10.9 Å². The van der Waals surface area contributed by atoms with Gasteiger partial charge in [0.1, 0.15) is 5.82 Å². The molecule has 3 N–H and O–H groups in total. The quantitative estimate of drug-likeness (QED) is 0.799. The Balaban J connectivity index is 2.63. The molecule has 0 spiro atoms. The van der Waals surface area contributed by atoms with Crippen molar-refractivity contribution in [3.05, 3.63) is 35.9 Å². The number of carbonyl (C=O) groups is 1. The second kappa shape index (κ2) is 4.18. The van der Waals surface area contributed by atoms with Gasteiger partial charge >= 0.3 is 0 Å². The lowest BCUT2D eigenvalue weighted by molar-refractivity contribution is 0.0957. The number of nitrogens with one attached hydrogen (secondary N) is 1. The maximum Gasteiger partial charge on any atom is 0.252 e. The molecule has 2 rings (SSSR count). The van der Waals surface area contributed by atoms with E-state index in [-0.39, 0.29) is 5.91 Å². The third kappa shape index (κ3) is 1.82. The van der Waals surface area contributed by atoms with Gasteiger partial charge in [0.25, 0.3) is 5.91 Å². The zero-order valence-electron chi connectivity index (χ0n) is 9.03. The first kappa shape index (κ1) is 10.4. The van der Waals surface area contributed by atoms with Gasteiger partial charge in [-0.2, -0.15) is 0 Å². The van der Waals surface area contributed by atoms with Crippen LogP contribution in [0.4, 0.5) is 5.82 Å². The van der Waals surface area contributed by atoms with Crippen LogP contribution < -0.4 is 11.1 Å². The first-order chi connectivity index (χ1) is 7.72. The molecule has 0 saturated carbocycles. The topological polar surface area (TPSA) is 68.0 Å². The molecule has 1 heterocycles. The van der Waals surface area contributed by atoms with E-state index in [9.17, 15) is 4.79 Å². The van der Waals surface area contributed by atoms with Gasteiger partial charge in [-0.3, -0.25) is 4.79 Å². The standard InChI is InChI=1S/C12H13N3O/c1-2-14-12(16)9-7-11(13)15-10-6-4-3-5-8(9)10/h3-7H,2H2,1H3,(H2,13,15)(H,14,16). The Hall–Kier alpha value is -2.10. The van der Waals surface area contributed by atoms with E-state index in [0.717, 1.165) is 10.9 Å². The molecular formula is C12H13N3O. The fourth-order valence-electron chi connectivity index (χ4n) is 1.64. The van der Waals surface area contributed by atoms with Crippen molar-refractivity contribution in [2.45, 2.75) is 6.92 Å². The molecule has 1 amide bonds. The third-order valence-corrected chi connectivity index (χ3v) is 2.32. The van der Waals surface area contributed by atoms with Gasteiger partial charge < -0.3 is 11.1 Å². The Morgan fingerprint density at radius 3 is 2.94 bits per heavy atom. The minimum absolute atomic E-state index is 0.118. The molecule has 0 unspecified atom stereocenters. The molecule has 0 saturated heterocycles. The summed E-state index contributed by atoms with van der Waals surface area (Å²) in [5.74, 6) is 0.243. The number of fused-ring (bicyclic) bond motifs is 1. The maximum atomic E-state index is 11.8. The second-order valence-electron chi connectivity index (χ2n) is 3.47. The molecular weight excluding hydrogens is 202 g/mol. The number of amides is 1. The van der Waals surface area contributed by atoms with Crippen LogP contribution in [0.3, 0.4) is 0 Å². The minimum atomic E-state index is -0.118. The van der Waals surface area contributed by atoms with Crippen LogP contribution in [-0.2, 0) is 0 Å². The Kier molecular flexibility index (Phi) is 2.72. The van der Waals surface area contributed by atoms with Crippen molar-refractivity contribution in [3.63, 3.8) is 0 Å². The summed E-state index contributed by atoms with van der Waals surface area (Å²) < 4.78 is 0. The van der Waals surface area contributed by atoms with Gasteiger partial charge in [0.05, 0.1) is 11.1 Å². The van der Waals surface area contributed by atoms with E-state index in [0.29, 0.717) is 17.9 Å². The lowest BCUT2D eigenvalue weighted by Gasteiger charge is -2.07. The summed E-state index contributed by atoms with van der Waals surface area (Å²) in [6, 6.07) is 9.06. The smallest absolute Gasteiger partial charge is 0.252 e. The first-order valence-electron chi connectivity index (χ1n) is 5.16. The lowest BCUT2D eigenvalue weighted by Crippen LogP contribution is -2.23. The molecule has 0 aliphatic carbocycles. The van der Waals surface area contributed by atoms with Crippen molar-refractivity contribution in [2.24, 2.45) is 0 Å². The monoisotopic (exact) mass is 215 g/mol. The number of para-hydroxylation sites is 1. The van der Waals surface area contributed by atoms with Gasteiger partial charge in [0.2, 0.25) is 0 Å². The number of nitrogen functional groups attached to an aromatic ring is 1. The van der Waals surface area contributed by atoms with Gasteiger partial charge in [-0.05, 0) is 19.1 Å². The highest BCUT2D eigenvalue weighted by atomic mass is 16.1. The second-order valence-corrected chi connectivity index (χ2v) is 3.47. The number of aromatic nitrogens is 1. The number of hydrogen-bond acceptors (Lipinski definition) is 3. The fourth-order valence-corrected chi connectivity index (χ4v) is 1.64. The van der Waals surface area contributed by atoms with E-state index in [1.54, 1.807) is 6.07 Å². The van der Waals surface area contributed by atoms with Crippen LogP contribution >= 0.6 is 0 Å². The molecule has 0 aliphatic rings. The molecule has 0 fully saturated rings. The number of hydrogen-bond donors (Lipinski definition) is 2.